The fraction of sp³-hybridized carbons (Fsp3) is 0.100. The summed E-state index contributed by atoms with van der Waals surface area (Å²) in [5.74, 6) is 0.237. The standard InChI is InChI=1S/C10H6INOS/c11-8-5-14-9-4-7(13)3-6(1-2-12)10(8)9/h3-5,13H,1H2. The molecule has 0 saturated heterocycles. The first kappa shape index (κ1) is 9.74. The average molecular weight is 315 g/mol. The van der Waals surface area contributed by atoms with Crippen molar-refractivity contribution in [2.45, 2.75) is 6.42 Å². The van der Waals surface area contributed by atoms with Crippen molar-refractivity contribution in [1.82, 2.24) is 0 Å². The second kappa shape index (κ2) is 3.75. The van der Waals surface area contributed by atoms with Crippen LogP contribution < -0.4 is 0 Å². The Balaban J connectivity index is 2.78. The summed E-state index contributed by atoms with van der Waals surface area (Å²) in [6.45, 7) is 0. The van der Waals surface area contributed by atoms with Crippen molar-refractivity contribution in [2.75, 3.05) is 0 Å². The minimum absolute atomic E-state index is 0.237. The molecule has 0 aliphatic heterocycles. The molecule has 2 nitrogen and oxygen atoms in total. The molecule has 4 heteroatoms. The third-order valence-corrected chi connectivity index (χ3v) is 4.17. The summed E-state index contributed by atoms with van der Waals surface area (Å²) in [5.41, 5.74) is 0.910. The Hall–Kier alpha value is -0.800. The third kappa shape index (κ3) is 1.57. The number of nitrogens with zero attached hydrogens (tertiary/aromatic N) is 1. The Morgan fingerprint density at radius 1 is 1.50 bits per heavy atom. The number of hydrogen-bond acceptors (Lipinski definition) is 3. The van der Waals surface area contributed by atoms with Crippen LogP contribution in [0.2, 0.25) is 0 Å². The molecule has 1 aromatic heterocycles. The summed E-state index contributed by atoms with van der Waals surface area (Å²) < 4.78 is 2.19. The topological polar surface area (TPSA) is 44.0 Å². The minimum atomic E-state index is 0.237. The predicted molar refractivity (Wildman–Crippen MR) is 65.5 cm³/mol. The fourth-order valence-corrected chi connectivity index (χ4v) is 3.52. The van der Waals surface area contributed by atoms with E-state index in [1.807, 2.05) is 5.38 Å². The number of nitriles is 1. The van der Waals surface area contributed by atoms with Crippen LogP contribution in [0.15, 0.2) is 17.5 Å². The zero-order valence-electron chi connectivity index (χ0n) is 7.12. The van der Waals surface area contributed by atoms with Crippen LogP contribution in [0.1, 0.15) is 5.56 Å². The highest BCUT2D eigenvalue weighted by Gasteiger charge is 2.08. The number of halogens is 1. The maximum absolute atomic E-state index is 9.44. The Kier molecular flexibility index (Phi) is 2.61. The summed E-state index contributed by atoms with van der Waals surface area (Å²) in [7, 11) is 0. The van der Waals surface area contributed by atoms with E-state index in [4.69, 9.17) is 5.26 Å². The molecule has 0 spiro atoms. The number of phenols is 1. The van der Waals surface area contributed by atoms with Crippen LogP contribution in [0.4, 0.5) is 0 Å². The van der Waals surface area contributed by atoms with Crippen LogP contribution in [0, 0.1) is 14.9 Å². The van der Waals surface area contributed by atoms with E-state index in [9.17, 15) is 5.11 Å². The lowest BCUT2D eigenvalue weighted by Crippen LogP contribution is -1.83. The van der Waals surface area contributed by atoms with Gasteiger partial charge in [-0.3, -0.25) is 0 Å². The molecule has 1 N–H and O–H groups in total. The number of benzene rings is 1. The highest BCUT2D eigenvalue weighted by Crippen LogP contribution is 2.33. The number of thiophene rings is 1. The molecular weight excluding hydrogens is 309 g/mol. The number of phenolic OH excluding ortho intramolecular Hbond substituents is 1. The van der Waals surface area contributed by atoms with Crippen molar-refractivity contribution in [3.05, 3.63) is 26.6 Å². The van der Waals surface area contributed by atoms with Crippen molar-refractivity contribution in [3.63, 3.8) is 0 Å². The maximum atomic E-state index is 9.44. The first-order chi connectivity index (χ1) is 6.72. The van der Waals surface area contributed by atoms with Crippen molar-refractivity contribution in [3.8, 4) is 11.8 Å². The quantitative estimate of drug-likeness (QED) is 0.821. The zero-order chi connectivity index (χ0) is 10.1. The molecule has 0 radical (unpaired) electrons. The van der Waals surface area contributed by atoms with E-state index >= 15 is 0 Å². The van der Waals surface area contributed by atoms with E-state index in [0.717, 1.165) is 19.2 Å². The van der Waals surface area contributed by atoms with Gasteiger partial charge in [-0.15, -0.1) is 11.3 Å². The second-order valence-electron chi connectivity index (χ2n) is 2.90. The van der Waals surface area contributed by atoms with E-state index in [2.05, 4.69) is 28.7 Å². The van der Waals surface area contributed by atoms with Crippen LogP contribution >= 0.6 is 33.9 Å². The minimum Gasteiger partial charge on any atom is -0.508 e. The largest absolute Gasteiger partial charge is 0.508 e. The smallest absolute Gasteiger partial charge is 0.117 e. The lowest BCUT2D eigenvalue weighted by Gasteiger charge is -2.00. The Morgan fingerprint density at radius 2 is 2.29 bits per heavy atom. The predicted octanol–water partition coefficient (Wildman–Crippen LogP) is 3.28. The molecule has 0 unspecified atom stereocenters. The SMILES string of the molecule is N#CCc1cc(O)cc2scc(I)c12. The van der Waals surface area contributed by atoms with Gasteiger partial charge in [-0.25, -0.2) is 0 Å². The average Bonchev–Trinajstić information content (AvgIpc) is 2.48. The lowest BCUT2D eigenvalue weighted by molar-refractivity contribution is 0.476. The van der Waals surface area contributed by atoms with Crippen LogP contribution in [0.25, 0.3) is 10.1 Å². The molecule has 0 aliphatic rings. The van der Waals surface area contributed by atoms with Crippen molar-refractivity contribution in [1.29, 1.82) is 5.26 Å². The van der Waals surface area contributed by atoms with Crippen molar-refractivity contribution in [2.24, 2.45) is 0 Å². The Bertz CT molecular complexity index is 527. The van der Waals surface area contributed by atoms with Gasteiger partial charge in [0.1, 0.15) is 5.75 Å². The van der Waals surface area contributed by atoms with E-state index in [1.54, 1.807) is 23.5 Å². The molecule has 0 atom stereocenters. The van der Waals surface area contributed by atoms with Gasteiger partial charge in [0, 0.05) is 19.0 Å². The number of fused-ring (bicyclic) bond motifs is 1. The van der Waals surface area contributed by atoms with Gasteiger partial charge >= 0.3 is 0 Å². The zero-order valence-corrected chi connectivity index (χ0v) is 10.1. The second-order valence-corrected chi connectivity index (χ2v) is 4.97. The highest BCUT2D eigenvalue weighted by atomic mass is 127. The van der Waals surface area contributed by atoms with E-state index in [0.29, 0.717) is 6.42 Å². The van der Waals surface area contributed by atoms with Gasteiger partial charge in [0.25, 0.3) is 0 Å². The monoisotopic (exact) mass is 315 g/mol. The van der Waals surface area contributed by atoms with E-state index < -0.39 is 0 Å². The van der Waals surface area contributed by atoms with Gasteiger partial charge < -0.3 is 5.11 Å². The molecule has 0 amide bonds. The molecule has 2 rings (SSSR count). The molecule has 0 aliphatic carbocycles. The van der Waals surface area contributed by atoms with Crippen LogP contribution in [0.3, 0.4) is 0 Å². The number of aromatic hydroxyl groups is 1. The van der Waals surface area contributed by atoms with Gasteiger partial charge in [0.2, 0.25) is 0 Å². The summed E-state index contributed by atoms with van der Waals surface area (Å²) in [5, 5.41) is 21.2. The molecule has 2 aromatic rings. The van der Waals surface area contributed by atoms with Crippen molar-refractivity contribution < 1.29 is 5.11 Å². The van der Waals surface area contributed by atoms with Gasteiger partial charge in [-0.2, -0.15) is 5.26 Å². The number of rotatable bonds is 1. The fourth-order valence-electron chi connectivity index (χ4n) is 1.42. The van der Waals surface area contributed by atoms with Gasteiger partial charge in [0.05, 0.1) is 12.5 Å². The summed E-state index contributed by atoms with van der Waals surface area (Å²) in [6.07, 6.45) is 0.345. The van der Waals surface area contributed by atoms with Crippen LogP contribution in [-0.2, 0) is 6.42 Å². The molecule has 1 heterocycles. The molecular formula is C10H6INOS. The maximum Gasteiger partial charge on any atom is 0.117 e. The third-order valence-electron chi connectivity index (χ3n) is 1.97. The first-order valence-electron chi connectivity index (χ1n) is 3.98. The lowest BCUT2D eigenvalue weighted by atomic mass is 10.1. The van der Waals surface area contributed by atoms with Crippen LogP contribution in [-0.4, -0.2) is 5.11 Å². The first-order valence-corrected chi connectivity index (χ1v) is 5.93. The van der Waals surface area contributed by atoms with Gasteiger partial charge in [0.15, 0.2) is 0 Å². The van der Waals surface area contributed by atoms with E-state index in [1.165, 1.54) is 0 Å². The number of hydrogen-bond donors (Lipinski definition) is 1. The molecule has 0 saturated carbocycles. The van der Waals surface area contributed by atoms with Crippen LogP contribution in [0.5, 0.6) is 5.75 Å². The molecule has 14 heavy (non-hydrogen) atoms. The van der Waals surface area contributed by atoms with Crippen molar-refractivity contribution >= 4 is 44.0 Å². The van der Waals surface area contributed by atoms with Gasteiger partial charge in [-0.1, -0.05) is 0 Å². The summed E-state index contributed by atoms with van der Waals surface area (Å²) in [6, 6.07) is 5.52. The Labute approximate surface area is 98.9 Å². The normalized spacial score (nSPS) is 10.3. The van der Waals surface area contributed by atoms with E-state index in [-0.39, 0.29) is 5.75 Å². The molecule has 0 bridgehead atoms. The van der Waals surface area contributed by atoms with Gasteiger partial charge in [-0.05, 0) is 40.3 Å². The molecule has 0 fully saturated rings. The Morgan fingerprint density at radius 3 is 3.00 bits per heavy atom. The summed E-state index contributed by atoms with van der Waals surface area (Å²) in [4.78, 5) is 0. The molecule has 70 valence electrons. The summed E-state index contributed by atoms with van der Waals surface area (Å²) >= 11 is 3.84. The molecule has 1 aromatic carbocycles. The highest BCUT2D eigenvalue weighted by molar-refractivity contribution is 14.1.